The summed E-state index contributed by atoms with van der Waals surface area (Å²) in [6.07, 6.45) is 1.12. The smallest absolute Gasteiger partial charge is 0.341 e. The summed E-state index contributed by atoms with van der Waals surface area (Å²) >= 11 is 0. The zero-order chi connectivity index (χ0) is 21.5. The Labute approximate surface area is 163 Å². The minimum atomic E-state index is -1.26. The second-order valence-corrected chi connectivity index (χ2v) is 5.26. The summed E-state index contributed by atoms with van der Waals surface area (Å²) in [7, 11) is 0. The second-order valence-electron chi connectivity index (χ2n) is 5.26. The minimum absolute atomic E-state index is 0.229. The summed E-state index contributed by atoms with van der Waals surface area (Å²) in [5.41, 5.74) is 0.266. The molecule has 0 fully saturated rings. The predicted octanol–water partition coefficient (Wildman–Crippen LogP) is 1.82. The SMILES string of the molecule is CCN(CC)CCOC(=O)c1ccccc1OC(C)=O.O=C(O)/C=C\C(=O)O. The second kappa shape index (κ2) is 13.9. The highest BCUT2D eigenvalue weighted by atomic mass is 16.5. The van der Waals surface area contributed by atoms with Gasteiger partial charge in [0.1, 0.15) is 17.9 Å². The first-order valence-corrected chi connectivity index (χ1v) is 8.52. The van der Waals surface area contributed by atoms with E-state index in [-0.39, 0.29) is 11.3 Å². The third-order valence-corrected chi connectivity index (χ3v) is 3.26. The van der Waals surface area contributed by atoms with E-state index in [1.54, 1.807) is 24.3 Å². The Morgan fingerprint density at radius 1 is 1.00 bits per heavy atom. The van der Waals surface area contributed by atoms with Gasteiger partial charge in [-0.05, 0) is 25.2 Å². The van der Waals surface area contributed by atoms with Crippen molar-refractivity contribution in [3.8, 4) is 5.75 Å². The van der Waals surface area contributed by atoms with Crippen LogP contribution in [0.5, 0.6) is 5.75 Å². The van der Waals surface area contributed by atoms with E-state index in [0.717, 1.165) is 13.1 Å². The van der Waals surface area contributed by atoms with Crippen LogP contribution in [0.4, 0.5) is 0 Å². The zero-order valence-electron chi connectivity index (χ0n) is 16.1. The Morgan fingerprint density at radius 2 is 1.54 bits per heavy atom. The van der Waals surface area contributed by atoms with Crippen LogP contribution in [0.15, 0.2) is 36.4 Å². The number of hydrogen-bond donors (Lipinski definition) is 2. The van der Waals surface area contributed by atoms with Crippen molar-refractivity contribution in [1.29, 1.82) is 0 Å². The molecule has 0 aliphatic rings. The minimum Gasteiger partial charge on any atom is -0.478 e. The zero-order valence-corrected chi connectivity index (χ0v) is 16.1. The number of esters is 2. The van der Waals surface area contributed by atoms with Crippen molar-refractivity contribution < 1.29 is 38.9 Å². The molecule has 1 rings (SSSR count). The van der Waals surface area contributed by atoms with E-state index in [1.165, 1.54) is 6.92 Å². The van der Waals surface area contributed by atoms with Crippen molar-refractivity contribution in [2.45, 2.75) is 20.8 Å². The Bertz CT molecular complexity index is 679. The lowest BCUT2D eigenvalue weighted by Gasteiger charge is -2.17. The van der Waals surface area contributed by atoms with Crippen LogP contribution < -0.4 is 4.74 Å². The third kappa shape index (κ3) is 11.4. The number of rotatable bonds is 9. The van der Waals surface area contributed by atoms with Crippen LogP contribution in [0.2, 0.25) is 0 Å². The highest BCUT2D eigenvalue weighted by Gasteiger charge is 2.15. The van der Waals surface area contributed by atoms with E-state index in [9.17, 15) is 19.2 Å². The quantitative estimate of drug-likeness (QED) is 0.365. The summed E-state index contributed by atoms with van der Waals surface area (Å²) in [4.78, 5) is 44.2. The molecule has 0 radical (unpaired) electrons. The van der Waals surface area contributed by atoms with Gasteiger partial charge < -0.3 is 24.6 Å². The number of ether oxygens (including phenoxy) is 2. The van der Waals surface area contributed by atoms with E-state index in [1.807, 2.05) is 0 Å². The van der Waals surface area contributed by atoms with Crippen LogP contribution in [0.25, 0.3) is 0 Å². The molecule has 0 unspecified atom stereocenters. The first kappa shape index (κ1) is 24.8. The van der Waals surface area contributed by atoms with Crippen LogP contribution in [0.3, 0.4) is 0 Å². The number of likely N-dealkylation sites (N-methyl/N-ethyl adjacent to an activating group) is 1. The summed E-state index contributed by atoms with van der Waals surface area (Å²) < 4.78 is 10.2. The maximum absolute atomic E-state index is 12.0. The van der Waals surface area contributed by atoms with E-state index in [0.29, 0.717) is 25.3 Å². The normalized spacial score (nSPS) is 10.1. The number of para-hydroxylation sites is 1. The van der Waals surface area contributed by atoms with Gasteiger partial charge in [-0.15, -0.1) is 0 Å². The topological polar surface area (TPSA) is 130 Å². The van der Waals surface area contributed by atoms with Gasteiger partial charge in [0, 0.05) is 25.6 Å². The van der Waals surface area contributed by atoms with E-state index >= 15 is 0 Å². The average Bonchev–Trinajstić information content (AvgIpc) is 2.64. The number of carbonyl (C=O) groups is 4. The van der Waals surface area contributed by atoms with E-state index < -0.39 is 23.9 Å². The molecular weight excluding hydrogens is 370 g/mol. The maximum atomic E-state index is 12.0. The highest BCUT2D eigenvalue weighted by Crippen LogP contribution is 2.19. The van der Waals surface area contributed by atoms with Gasteiger partial charge in [0.2, 0.25) is 0 Å². The Hall–Kier alpha value is -3.20. The summed E-state index contributed by atoms with van der Waals surface area (Å²) in [5.74, 6) is -3.23. The van der Waals surface area contributed by atoms with Gasteiger partial charge in [0.15, 0.2) is 0 Å². The van der Waals surface area contributed by atoms with Crippen molar-refractivity contribution in [3.63, 3.8) is 0 Å². The average molecular weight is 395 g/mol. The van der Waals surface area contributed by atoms with Crippen LogP contribution >= 0.6 is 0 Å². The van der Waals surface area contributed by atoms with E-state index in [2.05, 4.69) is 18.7 Å². The molecule has 0 spiro atoms. The monoisotopic (exact) mass is 395 g/mol. The predicted molar refractivity (Wildman–Crippen MR) is 100 cm³/mol. The lowest BCUT2D eigenvalue weighted by atomic mass is 10.2. The lowest BCUT2D eigenvalue weighted by molar-refractivity contribution is -0.134. The molecule has 28 heavy (non-hydrogen) atoms. The first-order chi connectivity index (χ1) is 13.2. The highest BCUT2D eigenvalue weighted by molar-refractivity contribution is 5.93. The number of carbonyl (C=O) groups excluding carboxylic acids is 2. The van der Waals surface area contributed by atoms with Crippen LogP contribution in [-0.2, 0) is 19.1 Å². The number of carboxylic acid groups (broad SMARTS) is 2. The van der Waals surface area contributed by atoms with Gasteiger partial charge in [0.25, 0.3) is 0 Å². The molecule has 1 aromatic carbocycles. The first-order valence-electron chi connectivity index (χ1n) is 8.52. The van der Waals surface area contributed by atoms with Gasteiger partial charge in [-0.2, -0.15) is 0 Å². The van der Waals surface area contributed by atoms with Gasteiger partial charge in [-0.3, -0.25) is 4.79 Å². The number of hydrogen-bond acceptors (Lipinski definition) is 7. The fraction of sp³-hybridized carbons (Fsp3) is 0.368. The summed E-state index contributed by atoms with van der Waals surface area (Å²) in [6, 6.07) is 6.55. The molecule has 0 aliphatic carbocycles. The fourth-order valence-electron chi connectivity index (χ4n) is 1.91. The molecule has 0 bridgehead atoms. The van der Waals surface area contributed by atoms with Crippen molar-refractivity contribution >= 4 is 23.9 Å². The molecule has 9 nitrogen and oxygen atoms in total. The Balaban J connectivity index is 0.000000769. The standard InChI is InChI=1S/C15H21NO4.C4H4O4/c1-4-16(5-2)10-11-19-15(18)13-8-6-7-9-14(13)20-12(3)17;5-3(6)1-2-4(7)8/h6-9H,4-5,10-11H2,1-3H3;1-2H,(H,5,6)(H,7,8)/b;2-1-. The fourth-order valence-corrected chi connectivity index (χ4v) is 1.91. The molecule has 0 atom stereocenters. The molecule has 0 saturated heterocycles. The summed E-state index contributed by atoms with van der Waals surface area (Å²) in [6.45, 7) is 8.24. The van der Waals surface area contributed by atoms with Crippen molar-refractivity contribution in [2.75, 3.05) is 26.2 Å². The maximum Gasteiger partial charge on any atom is 0.341 e. The van der Waals surface area contributed by atoms with Gasteiger partial charge in [-0.1, -0.05) is 26.0 Å². The number of aliphatic carboxylic acids is 2. The van der Waals surface area contributed by atoms with Crippen molar-refractivity contribution in [2.24, 2.45) is 0 Å². The van der Waals surface area contributed by atoms with Gasteiger partial charge in [0.05, 0.1) is 0 Å². The summed E-state index contributed by atoms with van der Waals surface area (Å²) in [5, 5.41) is 15.6. The van der Waals surface area contributed by atoms with Crippen LogP contribution in [-0.4, -0.2) is 65.2 Å². The molecule has 0 saturated carbocycles. The molecular formula is C19H25NO8. The van der Waals surface area contributed by atoms with Crippen molar-refractivity contribution in [1.82, 2.24) is 4.90 Å². The number of carboxylic acids is 2. The van der Waals surface area contributed by atoms with E-state index in [4.69, 9.17) is 19.7 Å². The lowest BCUT2D eigenvalue weighted by Crippen LogP contribution is -2.28. The molecule has 9 heteroatoms. The Kier molecular flexibility index (Phi) is 12.3. The largest absolute Gasteiger partial charge is 0.478 e. The molecule has 2 N–H and O–H groups in total. The molecule has 154 valence electrons. The molecule has 0 aromatic heterocycles. The molecule has 1 aromatic rings. The third-order valence-electron chi connectivity index (χ3n) is 3.26. The Morgan fingerprint density at radius 3 is 2.00 bits per heavy atom. The molecule has 0 heterocycles. The van der Waals surface area contributed by atoms with Gasteiger partial charge in [-0.25, -0.2) is 14.4 Å². The van der Waals surface area contributed by atoms with Crippen LogP contribution in [0.1, 0.15) is 31.1 Å². The molecule has 0 amide bonds. The van der Waals surface area contributed by atoms with Crippen molar-refractivity contribution in [3.05, 3.63) is 42.0 Å². The van der Waals surface area contributed by atoms with Crippen LogP contribution in [0, 0.1) is 0 Å². The number of nitrogens with zero attached hydrogens (tertiary/aromatic N) is 1. The molecule has 0 aliphatic heterocycles. The van der Waals surface area contributed by atoms with Gasteiger partial charge >= 0.3 is 23.9 Å². The number of benzene rings is 1.